The van der Waals surface area contributed by atoms with Crippen molar-refractivity contribution in [2.45, 2.75) is 18.2 Å². The van der Waals surface area contributed by atoms with Crippen molar-refractivity contribution in [3.63, 3.8) is 0 Å². The summed E-state index contributed by atoms with van der Waals surface area (Å²) in [5.41, 5.74) is 1.34. The monoisotopic (exact) mass is 319 g/mol. The Bertz CT molecular complexity index is 786. The second-order valence-electron chi connectivity index (χ2n) is 5.13. The first-order valence-corrected chi connectivity index (χ1v) is 8.52. The van der Waals surface area contributed by atoms with Crippen molar-refractivity contribution in [3.8, 4) is 11.5 Å². The van der Waals surface area contributed by atoms with Crippen LogP contribution in [0.3, 0.4) is 0 Å². The summed E-state index contributed by atoms with van der Waals surface area (Å²) in [6.07, 6.45) is 0.805. The van der Waals surface area contributed by atoms with Gasteiger partial charge in [0.2, 0.25) is 0 Å². The molecule has 0 amide bonds. The van der Waals surface area contributed by atoms with Crippen molar-refractivity contribution in [1.29, 1.82) is 0 Å². The van der Waals surface area contributed by atoms with E-state index in [0.29, 0.717) is 30.4 Å². The van der Waals surface area contributed by atoms with Gasteiger partial charge in [-0.15, -0.1) is 0 Å². The van der Waals surface area contributed by atoms with Crippen LogP contribution in [0, 0.1) is 6.92 Å². The van der Waals surface area contributed by atoms with Gasteiger partial charge in [0.05, 0.1) is 23.8 Å². The molecule has 0 aromatic heterocycles. The molecule has 1 aliphatic heterocycles. The fourth-order valence-electron chi connectivity index (χ4n) is 2.22. The lowest BCUT2D eigenvalue weighted by molar-refractivity contribution is 0.297. The van der Waals surface area contributed by atoms with Crippen LogP contribution in [0.25, 0.3) is 0 Å². The Balaban J connectivity index is 1.88. The molecule has 0 unspecified atom stereocenters. The first kappa shape index (κ1) is 14.7. The molecule has 22 heavy (non-hydrogen) atoms. The van der Waals surface area contributed by atoms with Crippen molar-refractivity contribution in [2.24, 2.45) is 0 Å². The van der Waals surface area contributed by atoms with Gasteiger partial charge < -0.3 is 9.47 Å². The topological polar surface area (TPSA) is 64.6 Å². The van der Waals surface area contributed by atoms with Crippen LogP contribution in [0.2, 0.25) is 0 Å². The van der Waals surface area contributed by atoms with Gasteiger partial charge in [-0.25, -0.2) is 8.42 Å². The largest absolute Gasteiger partial charge is 0.490 e. The summed E-state index contributed by atoms with van der Waals surface area (Å²) in [7, 11) is -3.62. The van der Waals surface area contributed by atoms with Gasteiger partial charge in [0, 0.05) is 12.5 Å². The second-order valence-corrected chi connectivity index (χ2v) is 6.82. The van der Waals surface area contributed by atoms with Crippen LogP contribution in [0.15, 0.2) is 47.4 Å². The summed E-state index contributed by atoms with van der Waals surface area (Å²) in [5.74, 6) is 1.19. The van der Waals surface area contributed by atoms with E-state index in [1.807, 2.05) is 13.0 Å². The predicted octanol–water partition coefficient (Wildman–Crippen LogP) is 2.96. The minimum atomic E-state index is -3.62. The minimum Gasteiger partial charge on any atom is -0.490 e. The van der Waals surface area contributed by atoms with Crippen molar-refractivity contribution in [2.75, 3.05) is 17.9 Å². The number of ether oxygens (including phenoxy) is 2. The fourth-order valence-corrected chi connectivity index (χ4v) is 3.38. The minimum absolute atomic E-state index is 0.236. The Kier molecular flexibility index (Phi) is 3.94. The number of fused-ring (bicyclic) bond motifs is 1. The van der Waals surface area contributed by atoms with Gasteiger partial charge in [-0.1, -0.05) is 12.1 Å². The average Bonchev–Trinajstić information content (AvgIpc) is 2.71. The lowest BCUT2D eigenvalue weighted by Crippen LogP contribution is -2.13. The lowest BCUT2D eigenvalue weighted by atomic mass is 10.2. The molecule has 0 aliphatic carbocycles. The standard InChI is InChI=1S/C16H17NO4S/c1-12-4-2-5-14(10-12)22(18,19)17-13-6-7-15-16(11-13)21-9-3-8-20-15/h2,4-7,10-11,17H,3,8-9H2,1H3. The van der Waals surface area contributed by atoms with Crippen LogP contribution in [0.4, 0.5) is 5.69 Å². The molecule has 3 rings (SSSR count). The molecule has 1 aliphatic rings. The van der Waals surface area contributed by atoms with Crippen molar-refractivity contribution in [1.82, 2.24) is 0 Å². The lowest BCUT2D eigenvalue weighted by Gasteiger charge is -2.12. The Morgan fingerprint density at radius 1 is 1.00 bits per heavy atom. The van der Waals surface area contributed by atoms with Gasteiger partial charge in [0.25, 0.3) is 10.0 Å². The highest BCUT2D eigenvalue weighted by atomic mass is 32.2. The van der Waals surface area contributed by atoms with E-state index in [1.165, 1.54) is 0 Å². The SMILES string of the molecule is Cc1cccc(S(=O)(=O)Nc2ccc3c(c2)OCCCO3)c1. The number of hydrogen-bond acceptors (Lipinski definition) is 4. The molecule has 0 atom stereocenters. The first-order chi connectivity index (χ1) is 10.5. The molecular formula is C16H17NO4S. The van der Waals surface area contributed by atoms with Crippen LogP contribution < -0.4 is 14.2 Å². The Morgan fingerprint density at radius 2 is 1.77 bits per heavy atom. The maximum atomic E-state index is 12.4. The molecule has 1 heterocycles. The maximum Gasteiger partial charge on any atom is 0.261 e. The number of sulfonamides is 1. The Morgan fingerprint density at radius 3 is 2.55 bits per heavy atom. The molecule has 2 aromatic rings. The third-order valence-corrected chi connectivity index (χ3v) is 4.68. The van der Waals surface area contributed by atoms with Gasteiger partial charge in [-0.2, -0.15) is 0 Å². The molecular weight excluding hydrogens is 302 g/mol. The number of anilines is 1. The second kappa shape index (κ2) is 5.88. The van der Waals surface area contributed by atoms with E-state index < -0.39 is 10.0 Å². The van der Waals surface area contributed by atoms with Crippen LogP contribution in [-0.4, -0.2) is 21.6 Å². The van der Waals surface area contributed by atoms with Gasteiger partial charge >= 0.3 is 0 Å². The van der Waals surface area contributed by atoms with E-state index in [0.717, 1.165) is 12.0 Å². The van der Waals surface area contributed by atoms with E-state index in [4.69, 9.17) is 9.47 Å². The van der Waals surface area contributed by atoms with Gasteiger partial charge in [-0.3, -0.25) is 4.72 Å². The first-order valence-electron chi connectivity index (χ1n) is 7.04. The van der Waals surface area contributed by atoms with E-state index in [-0.39, 0.29) is 4.90 Å². The number of aryl methyl sites for hydroxylation is 1. The predicted molar refractivity (Wildman–Crippen MR) is 84.0 cm³/mol. The number of benzene rings is 2. The summed E-state index contributed by atoms with van der Waals surface area (Å²) in [6, 6.07) is 11.8. The number of hydrogen-bond donors (Lipinski definition) is 1. The molecule has 0 saturated heterocycles. The highest BCUT2D eigenvalue weighted by Crippen LogP contribution is 2.33. The van der Waals surface area contributed by atoms with Crippen LogP contribution >= 0.6 is 0 Å². The zero-order valence-corrected chi connectivity index (χ0v) is 13.0. The van der Waals surface area contributed by atoms with Gasteiger partial charge in [-0.05, 0) is 36.8 Å². The van der Waals surface area contributed by atoms with E-state index in [1.54, 1.807) is 36.4 Å². The van der Waals surface area contributed by atoms with E-state index >= 15 is 0 Å². The number of nitrogens with one attached hydrogen (secondary N) is 1. The maximum absolute atomic E-state index is 12.4. The molecule has 0 saturated carbocycles. The molecule has 0 radical (unpaired) electrons. The van der Waals surface area contributed by atoms with Crippen molar-refractivity contribution in [3.05, 3.63) is 48.0 Å². The fraction of sp³-hybridized carbons (Fsp3) is 0.250. The molecule has 5 nitrogen and oxygen atoms in total. The summed E-state index contributed by atoms with van der Waals surface area (Å²) in [4.78, 5) is 0.236. The Hall–Kier alpha value is -2.21. The zero-order chi connectivity index (χ0) is 15.6. The Labute approximate surface area is 129 Å². The molecule has 6 heteroatoms. The number of rotatable bonds is 3. The summed E-state index contributed by atoms with van der Waals surface area (Å²) in [6.45, 7) is 3.01. The molecule has 116 valence electrons. The quantitative estimate of drug-likeness (QED) is 0.944. The van der Waals surface area contributed by atoms with E-state index in [9.17, 15) is 8.42 Å². The van der Waals surface area contributed by atoms with Crippen LogP contribution in [-0.2, 0) is 10.0 Å². The normalized spacial score (nSPS) is 14.2. The molecule has 1 N–H and O–H groups in total. The highest BCUT2D eigenvalue weighted by Gasteiger charge is 2.16. The average molecular weight is 319 g/mol. The summed E-state index contributed by atoms with van der Waals surface area (Å²) >= 11 is 0. The van der Waals surface area contributed by atoms with Gasteiger partial charge in [0.15, 0.2) is 11.5 Å². The van der Waals surface area contributed by atoms with Gasteiger partial charge in [0.1, 0.15) is 0 Å². The van der Waals surface area contributed by atoms with Crippen LogP contribution in [0.1, 0.15) is 12.0 Å². The smallest absolute Gasteiger partial charge is 0.261 e. The van der Waals surface area contributed by atoms with Crippen molar-refractivity contribution >= 4 is 15.7 Å². The summed E-state index contributed by atoms with van der Waals surface area (Å²) < 4.78 is 38.5. The van der Waals surface area contributed by atoms with Crippen LogP contribution in [0.5, 0.6) is 11.5 Å². The highest BCUT2D eigenvalue weighted by molar-refractivity contribution is 7.92. The third-order valence-electron chi connectivity index (χ3n) is 3.30. The molecule has 0 bridgehead atoms. The molecule has 0 fully saturated rings. The third kappa shape index (κ3) is 3.17. The van der Waals surface area contributed by atoms with E-state index in [2.05, 4.69) is 4.72 Å². The molecule has 2 aromatic carbocycles. The van der Waals surface area contributed by atoms with Crippen molar-refractivity contribution < 1.29 is 17.9 Å². The molecule has 0 spiro atoms. The summed E-state index contributed by atoms with van der Waals surface area (Å²) in [5, 5.41) is 0. The zero-order valence-electron chi connectivity index (χ0n) is 12.2.